The highest BCUT2D eigenvalue weighted by Gasteiger charge is 1.83. The highest BCUT2D eigenvalue weighted by Crippen LogP contribution is 2.04. The second kappa shape index (κ2) is 14.8. The second-order valence-corrected chi connectivity index (χ2v) is 6.27. The molecule has 0 radical (unpaired) electrons. The summed E-state index contributed by atoms with van der Waals surface area (Å²) in [5, 5.41) is 0. The van der Waals surface area contributed by atoms with Crippen LogP contribution in [-0.4, -0.2) is 0 Å². The van der Waals surface area contributed by atoms with Gasteiger partial charge in [0.1, 0.15) is 0 Å². The van der Waals surface area contributed by atoms with Crippen LogP contribution in [0.3, 0.4) is 0 Å². The lowest BCUT2D eigenvalue weighted by atomic mass is 10.1. The molecular weight excluding hydrogens is 252 g/mol. The minimum absolute atomic E-state index is 0.972. The van der Waals surface area contributed by atoms with Crippen LogP contribution < -0.4 is 0 Å². The predicted octanol–water partition coefficient (Wildman–Crippen LogP) is 7.59. The number of hydrogen-bond donors (Lipinski definition) is 0. The van der Waals surface area contributed by atoms with Crippen LogP contribution in [0.25, 0.3) is 0 Å². The first-order chi connectivity index (χ1) is 9.38. The van der Waals surface area contributed by atoms with Crippen molar-refractivity contribution in [2.75, 3.05) is 0 Å². The Balaban J connectivity index is -0.000000231. The van der Waals surface area contributed by atoms with E-state index < -0.39 is 0 Å². The van der Waals surface area contributed by atoms with Crippen molar-refractivity contribution >= 4 is 0 Å². The Morgan fingerprint density at radius 3 is 0.476 bits per heavy atom. The normalized spacial score (nSPS) is 8.29. The largest absolute Gasteiger partial charge is 0.0998 e. The highest BCUT2D eigenvalue weighted by atomic mass is 13.9. The fraction of sp³-hybridized carbons (Fsp3) is 0.429. The minimum atomic E-state index is 0.972. The molecule has 0 aromatic carbocycles. The van der Waals surface area contributed by atoms with Crippen molar-refractivity contribution in [2.24, 2.45) is 0 Å². The van der Waals surface area contributed by atoms with E-state index >= 15 is 0 Å². The molecule has 0 aromatic rings. The molecule has 0 unspecified atom stereocenters. The molecule has 0 N–H and O–H groups in total. The van der Waals surface area contributed by atoms with Crippen molar-refractivity contribution in [2.45, 2.75) is 60.8 Å². The van der Waals surface area contributed by atoms with Gasteiger partial charge in [-0.15, -0.1) is 0 Å². The van der Waals surface area contributed by atoms with Gasteiger partial charge in [0, 0.05) is 0 Å². The maximum Gasteiger partial charge on any atom is -0.0119 e. The van der Waals surface area contributed by atoms with Gasteiger partial charge in [-0.05, 0) is 60.8 Å². The fourth-order valence-electron chi connectivity index (χ4n) is 1.55. The van der Waals surface area contributed by atoms with Gasteiger partial charge in [-0.2, -0.15) is 0 Å². The van der Waals surface area contributed by atoms with Crippen LogP contribution in [0.1, 0.15) is 60.8 Å². The van der Waals surface area contributed by atoms with Crippen molar-refractivity contribution in [3.05, 3.63) is 72.9 Å². The van der Waals surface area contributed by atoms with E-state index in [4.69, 9.17) is 0 Å². The Kier molecular flexibility index (Phi) is 17.3. The van der Waals surface area contributed by atoms with Gasteiger partial charge in [0.2, 0.25) is 0 Å². The Hall–Kier alpha value is -1.56. The Bertz CT molecular complexity index is 290. The van der Waals surface area contributed by atoms with E-state index in [1.54, 1.807) is 0 Å². The van der Waals surface area contributed by atoms with E-state index in [0.29, 0.717) is 0 Å². The molecule has 0 aromatic heterocycles. The monoisotopic (exact) mass is 288 g/mol. The maximum atomic E-state index is 3.73. The quantitative estimate of drug-likeness (QED) is 0.442. The SMILES string of the molecule is C=C(C)CC(=C)C.C=C(C)CC(=C)C.C=C(C)CC(=C)C. The summed E-state index contributed by atoms with van der Waals surface area (Å²) in [5.41, 5.74) is 7.13. The molecule has 0 bridgehead atoms. The van der Waals surface area contributed by atoms with Crippen LogP contribution in [0.2, 0.25) is 0 Å². The standard InChI is InChI=1S/3C7H12/c3*1-6(2)5-7(3)4/h3*1,3,5H2,2,4H3. The van der Waals surface area contributed by atoms with E-state index in [1.165, 1.54) is 33.4 Å². The highest BCUT2D eigenvalue weighted by molar-refractivity contribution is 5.05. The van der Waals surface area contributed by atoms with E-state index in [1.807, 2.05) is 41.5 Å². The average Bonchev–Trinajstić information content (AvgIpc) is 2.10. The van der Waals surface area contributed by atoms with Crippen molar-refractivity contribution in [1.82, 2.24) is 0 Å². The molecule has 0 aliphatic heterocycles. The molecule has 0 nitrogen and oxygen atoms in total. The molecule has 0 amide bonds. The molecule has 21 heavy (non-hydrogen) atoms. The molecular formula is C21H36. The fourth-order valence-corrected chi connectivity index (χ4v) is 1.55. The summed E-state index contributed by atoms with van der Waals surface area (Å²) in [5.74, 6) is 0. The molecule has 0 fully saturated rings. The van der Waals surface area contributed by atoms with Gasteiger partial charge >= 0.3 is 0 Å². The smallest absolute Gasteiger partial charge is 0.0119 e. The third kappa shape index (κ3) is 45.7. The van der Waals surface area contributed by atoms with Crippen molar-refractivity contribution in [3.8, 4) is 0 Å². The Labute approximate surface area is 134 Å². The zero-order valence-electron chi connectivity index (χ0n) is 15.4. The molecule has 0 rings (SSSR count). The third-order valence-corrected chi connectivity index (χ3v) is 1.81. The van der Waals surface area contributed by atoms with E-state index in [2.05, 4.69) is 39.5 Å². The lowest BCUT2D eigenvalue weighted by Crippen LogP contribution is -1.72. The molecule has 0 aliphatic rings. The second-order valence-electron chi connectivity index (χ2n) is 6.27. The first-order valence-electron chi connectivity index (χ1n) is 7.24. The summed E-state index contributed by atoms with van der Waals surface area (Å²) in [6, 6.07) is 0. The van der Waals surface area contributed by atoms with Crippen LogP contribution in [0.15, 0.2) is 72.9 Å². The van der Waals surface area contributed by atoms with Crippen LogP contribution >= 0.6 is 0 Å². The number of allylic oxidation sites excluding steroid dienone is 6. The summed E-state index contributed by atoms with van der Waals surface area (Å²) in [6.07, 6.45) is 2.92. The first-order valence-corrected chi connectivity index (χ1v) is 7.24. The summed E-state index contributed by atoms with van der Waals surface area (Å²) in [7, 11) is 0. The molecule has 120 valence electrons. The van der Waals surface area contributed by atoms with Gasteiger partial charge in [-0.1, -0.05) is 72.9 Å². The molecule has 0 heterocycles. The van der Waals surface area contributed by atoms with Gasteiger partial charge in [-0.25, -0.2) is 0 Å². The van der Waals surface area contributed by atoms with Crippen LogP contribution in [-0.2, 0) is 0 Å². The maximum absolute atomic E-state index is 3.73. The Morgan fingerprint density at radius 1 is 0.381 bits per heavy atom. The summed E-state index contributed by atoms with van der Waals surface area (Å²) < 4.78 is 0. The minimum Gasteiger partial charge on any atom is -0.0998 e. The molecule has 0 heteroatoms. The van der Waals surface area contributed by atoms with Gasteiger partial charge in [0.15, 0.2) is 0 Å². The predicted molar refractivity (Wildman–Crippen MR) is 103 cm³/mol. The first kappa shape index (κ1) is 24.5. The topological polar surface area (TPSA) is 0 Å². The van der Waals surface area contributed by atoms with Crippen molar-refractivity contribution in [3.63, 3.8) is 0 Å². The van der Waals surface area contributed by atoms with Crippen LogP contribution in [0.4, 0.5) is 0 Å². The molecule has 0 atom stereocenters. The van der Waals surface area contributed by atoms with Gasteiger partial charge in [-0.3, -0.25) is 0 Å². The lowest BCUT2D eigenvalue weighted by molar-refractivity contribution is 1.13. The zero-order valence-corrected chi connectivity index (χ0v) is 15.4. The Morgan fingerprint density at radius 2 is 0.476 bits per heavy atom. The van der Waals surface area contributed by atoms with Crippen molar-refractivity contribution in [1.29, 1.82) is 0 Å². The molecule has 0 aliphatic carbocycles. The summed E-state index contributed by atoms with van der Waals surface area (Å²) in [6.45, 7) is 34.5. The zero-order chi connectivity index (χ0) is 17.6. The molecule has 0 spiro atoms. The van der Waals surface area contributed by atoms with Gasteiger partial charge in [0.25, 0.3) is 0 Å². The molecule has 0 saturated carbocycles. The van der Waals surface area contributed by atoms with Crippen LogP contribution in [0.5, 0.6) is 0 Å². The van der Waals surface area contributed by atoms with E-state index in [9.17, 15) is 0 Å². The average molecular weight is 289 g/mol. The molecule has 0 saturated heterocycles. The van der Waals surface area contributed by atoms with Crippen molar-refractivity contribution < 1.29 is 0 Å². The number of rotatable bonds is 6. The van der Waals surface area contributed by atoms with Gasteiger partial charge in [0.05, 0.1) is 0 Å². The van der Waals surface area contributed by atoms with E-state index in [-0.39, 0.29) is 0 Å². The summed E-state index contributed by atoms with van der Waals surface area (Å²) >= 11 is 0. The third-order valence-electron chi connectivity index (χ3n) is 1.81. The lowest BCUT2D eigenvalue weighted by Gasteiger charge is -1.93. The van der Waals surface area contributed by atoms with Crippen LogP contribution in [0, 0.1) is 0 Å². The number of hydrogen-bond acceptors (Lipinski definition) is 0. The summed E-state index contributed by atoms with van der Waals surface area (Å²) in [4.78, 5) is 0. The van der Waals surface area contributed by atoms with E-state index in [0.717, 1.165) is 19.3 Å². The van der Waals surface area contributed by atoms with Gasteiger partial charge < -0.3 is 0 Å².